The number of alkyl halides is 3. The molecule has 4 aliphatic rings. The second-order valence-corrected chi connectivity index (χ2v) is 12.7. The summed E-state index contributed by atoms with van der Waals surface area (Å²) >= 11 is 0. The number of esters is 1. The first kappa shape index (κ1) is 31.4. The molecule has 1 N–H and O–H groups in total. The predicted octanol–water partition coefficient (Wildman–Crippen LogP) is 5.68. The van der Waals surface area contributed by atoms with Crippen LogP contribution >= 0.6 is 0 Å². The van der Waals surface area contributed by atoms with Crippen LogP contribution in [-0.4, -0.2) is 70.2 Å². The van der Waals surface area contributed by atoms with Gasteiger partial charge >= 0.3 is 12.1 Å². The van der Waals surface area contributed by atoms with Crippen LogP contribution in [0.2, 0.25) is 0 Å². The Balaban J connectivity index is 1.41. The fourth-order valence-corrected chi connectivity index (χ4v) is 8.38. The van der Waals surface area contributed by atoms with Crippen molar-refractivity contribution in [2.45, 2.75) is 87.8 Å². The quantitative estimate of drug-likeness (QED) is 0.167. The molecule has 7 nitrogen and oxygen atoms in total. The first-order valence-electron chi connectivity index (χ1n) is 15.7. The average molecular weight is 625 g/mol. The third-order valence-corrected chi connectivity index (χ3v) is 10.2. The molecule has 2 aliphatic heterocycles. The van der Waals surface area contributed by atoms with Gasteiger partial charge in [0.15, 0.2) is 11.5 Å². The van der Waals surface area contributed by atoms with Crippen molar-refractivity contribution in [1.29, 1.82) is 0 Å². The van der Waals surface area contributed by atoms with Crippen LogP contribution in [0.3, 0.4) is 0 Å². The molecule has 2 fully saturated rings. The maximum absolute atomic E-state index is 13.9. The van der Waals surface area contributed by atoms with Crippen LogP contribution < -0.4 is 9.47 Å². The van der Waals surface area contributed by atoms with E-state index in [1.165, 1.54) is 31.2 Å². The molecule has 1 saturated carbocycles. The van der Waals surface area contributed by atoms with Crippen LogP contribution in [0, 0.1) is 0 Å². The van der Waals surface area contributed by atoms with E-state index in [-0.39, 0.29) is 17.5 Å². The van der Waals surface area contributed by atoms with E-state index in [0.29, 0.717) is 56.8 Å². The first-order chi connectivity index (χ1) is 21.4. The molecule has 1 spiro atoms. The Morgan fingerprint density at radius 1 is 1.24 bits per heavy atom. The molecule has 10 heteroatoms. The Morgan fingerprint density at radius 2 is 2.04 bits per heavy atom. The van der Waals surface area contributed by atoms with Gasteiger partial charge in [-0.1, -0.05) is 37.6 Å². The summed E-state index contributed by atoms with van der Waals surface area (Å²) in [5.41, 5.74) is -0.603. The molecule has 2 heterocycles. The first-order valence-corrected chi connectivity index (χ1v) is 15.7. The molecule has 0 aromatic heterocycles. The molecule has 0 unspecified atom stereocenters. The smallest absolute Gasteiger partial charge is 0.416 e. The van der Waals surface area contributed by atoms with Crippen molar-refractivity contribution in [1.82, 2.24) is 9.80 Å². The highest BCUT2D eigenvalue weighted by Crippen LogP contribution is 2.66. The molecule has 1 amide bonds. The zero-order valence-corrected chi connectivity index (χ0v) is 25.6. The van der Waals surface area contributed by atoms with Gasteiger partial charge in [-0.3, -0.25) is 14.5 Å². The number of hydrogen-bond acceptors (Lipinski definition) is 6. The highest BCUT2D eigenvalue weighted by molar-refractivity contribution is 5.92. The molecule has 2 aromatic rings. The van der Waals surface area contributed by atoms with E-state index < -0.39 is 40.9 Å². The van der Waals surface area contributed by atoms with Gasteiger partial charge in [0.05, 0.1) is 22.6 Å². The van der Waals surface area contributed by atoms with Crippen molar-refractivity contribution in [3.63, 3.8) is 0 Å². The lowest BCUT2D eigenvalue weighted by Crippen LogP contribution is -2.78. The van der Waals surface area contributed by atoms with Gasteiger partial charge in [0, 0.05) is 37.7 Å². The van der Waals surface area contributed by atoms with Crippen LogP contribution in [0.1, 0.15) is 68.2 Å². The van der Waals surface area contributed by atoms with E-state index in [1.54, 1.807) is 11.0 Å². The number of benzene rings is 2. The number of amides is 1. The summed E-state index contributed by atoms with van der Waals surface area (Å²) in [4.78, 5) is 30.0. The van der Waals surface area contributed by atoms with Crippen molar-refractivity contribution in [2.75, 3.05) is 19.6 Å². The average Bonchev–Trinajstić information content (AvgIpc) is 3.35. The number of nitrogens with zero attached hydrogens (tertiary/aromatic N) is 2. The molecule has 2 aliphatic carbocycles. The molecular formula is C35H39F3N2O5. The summed E-state index contributed by atoms with van der Waals surface area (Å²) in [6, 6.07) is 7.96. The summed E-state index contributed by atoms with van der Waals surface area (Å²) in [7, 11) is 0. The normalized spacial score (nSPS) is 28.4. The zero-order valence-electron chi connectivity index (χ0n) is 25.6. The zero-order chi connectivity index (χ0) is 32.1. The lowest BCUT2D eigenvalue weighted by atomic mass is 9.48. The molecule has 0 radical (unpaired) electrons. The van der Waals surface area contributed by atoms with Gasteiger partial charge in [-0.2, -0.15) is 13.2 Å². The summed E-state index contributed by atoms with van der Waals surface area (Å²) < 4.78 is 52.3. The minimum absolute atomic E-state index is 0.185. The van der Waals surface area contributed by atoms with Crippen molar-refractivity contribution < 1.29 is 37.3 Å². The molecular weight excluding hydrogens is 585 g/mol. The molecule has 240 valence electrons. The van der Waals surface area contributed by atoms with Crippen LogP contribution in [0.5, 0.6) is 11.5 Å². The summed E-state index contributed by atoms with van der Waals surface area (Å²) in [6.07, 6.45) is 3.13. The van der Waals surface area contributed by atoms with Gasteiger partial charge in [-0.05, 0) is 74.1 Å². The number of carbonyl (C=O) groups excluding carboxylic acids is 2. The van der Waals surface area contributed by atoms with Crippen LogP contribution in [0.25, 0.3) is 6.08 Å². The fourth-order valence-electron chi connectivity index (χ4n) is 8.38. The lowest BCUT2D eigenvalue weighted by Gasteiger charge is -2.64. The number of aliphatic hydroxyl groups is 1. The van der Waals surface area contributed by atoms with Gasteiger partial charge in [-0.15, -0.1) is 6.58 Å². The number of piperidine rings is 1. The second-order valence-electron chi connectivity index (χ2n) is 12.7. The highest BCUT2D eigenvalue weighted by atomic mass is 19.4. The van der Waals surface area contributed by atoms with Crippen molar-refractivity contribution in [2.24, 2.45) is 0 Å². The number of carbonyl (C=O) groups is 2. The van der Waals surface area contributed by atoms with Gasteiger partial charge < -0.3 is 19.5 Å². The molecule has 2 bridgehead atoms. The monoisotopic (exact) mass is 624 g/mol. The largest absolute Gasteiger partial charge is 0.483 e. The number of rotatable bonds is 9. The van der Waals surface area contributed by atoms with Crippen molar-refractivity contribution in [3.8, 4) is 11.5 Å². The Kier molecular flexibility index (Phi) is 8.10. The Labute approximate surface area is 261 Å². The Morgan fingerprint density at radius 3 is 2.76 bits per heavy atom. The third kappa shape index (κ3) is 5.06. The van der Waals surface area contributed by atoms with Gasteiger partial charge in [0.1, 0.15) is 6.10 Å². The highest BCUT2D eigenvalue weighted by Gasteiger charge is 2.73. The maximum Gasteiger partial charge on any atom is 0.416 e. The molecule has 6 rings (SSSR count). The van der Waals surface area contributed by atoms with Gasteiger partial charge in [0.2, 0.25) is 5.91 Å². The minimum Gasteiger partial charge on any atom is -0.483 e. The van der Waals surface area contributed by atoms with Crippen molar-refractivity contribution >= 4 is 18.0 Å². The number of likely N-dealkylation sites (tertiary alicyclic amines) is 1. The summed E-state index contributed by atoms with van der Waals surface area (Å²) in [5, 5.41) is 12.8. The van der Waals surface area contributed by atoms with Gasteiger partial charge in [-0.25, -0.2) is 0 Å². The van der Waals surface area contributed by atoms with E-state index in [9.17, 15) is 27.9 Å². The van der Waals surface area contributed by atoms with E-state index in [2.05, 4.69) is 11.5 Å². The van der Waals surface area contributed by atoms with E-state index in [0.717, 1.165) is 36.1 Å². The number of unbranched alkanes of at least 4 members (excludes halogenated alkanes) is 1. The SMILES string of the molecule is C=CCN1CC[C@]23c4c5ccc(OC(C)=O)c4O[C@H]2[C@@H](N(CCCC)C(=O)C=Cc2cccc(C(F)(F)F)c2)CC[C@@]3(O)[C@H]1C5. The standard InChI is InChI=1S/C35H39F3N2O5/c1-4-6-18-40(29(42)13-10-23-8-7-9-25(20-23)35(36,37)38)26-14-15-34(43)28-21-24-11-12-27(44-22(3)41)31-30(24)33(34,32(26)45-31)16-19-39(28)17-5-2/h5,7-13,20,26,28,32,43H,2,4,6,14-19,21H2,1,3H3/t26-,28+,32-,33-,34+/m0/s1. The minimum atomic E-state index is -4.49. The fraction of sp³-hybridized carbons (Fsp3) is 0.486. The van der Waals surface area contributed by atoms with Crippen LogP contribution in [-0.2, 0) is 27.6 Å². The topological polar surface area (TPSA) is 79.3 Å². The van der Waals surface area contributed by atoms with Gasteiger partial charge in [0.25, 0.3) is 0 Å². The molecule has 5 atom stereocenters. The Hall–Kier alpha value is -3.63. The number of halogens is 3. The van der Waals surface area contributed by atoms with E-state index in [4.69, 9.17) is 9.47 Å². The summed E-state index contributed by atoms with van der Waals surface area (Å²) in [6.45, 7) is 9.04. The van der Waals surface area contributed by atoms with E-state index in [1.807, 2.05) is 19.1 Å². The van der Waals surface area contributed by atoms with Crippen LogP contribution in [0.4, 0.5) is 13.2 Å². The molecule has 2 aromatic carbocycles. The lowest BCUT2D eigenvalue weighted by molar-refractivity contribution is -0.199. The molecule has 45 heavy (non-hydrogen) atoms. The molecule has 1 saturated heterocycles. The predicted molar refractivity (Wildman–Crippen MR) is 163 cm³/mol. The maximum atomic E-state index is 13.9. The Bertz CT molecular complexity index is 1540. The number of ether oxygens (including phenoxy) is 2. The second kappa shape index (κ2) is 11.6. The summed E-state index contributed by atoms with van der Waals surface area (Å²) in [5.74, 6) is -0.0582. The van der Waals surface area contributed by atoms with Crippen LogP contribution in [0.15, 0.2) is 55.1 Å². The van der Waals surface area contributed by atoms with Crippen molar-refractivity contribution in [3.05, 3.63) is 77.4 Å². The van der Waals surface area contributed by atoms with E-state index >= 15 is 0 Å². The number of hydrogen-bond donors (Lipinski definition) is 1. The third-order valence-electron chi connectivity index (χ3n) is 10.2.